The molecule has 1 aromatic heterocycles. The average Bonchev–Trinajstić information content (AvgIpc) is 3.29. The molecule has 0 spiro atoms. The molecule has 2 saturated heterocycles. The number of hydrogen-bond acceptors (Lipinski definition) is 6. The SMILES string of the molecule is c1ccc(-n2nnnc2CN2CCN(CC3CCCO3)CC2)cc1. The van der Waals surface area contributed by atoms with E-state index in [2.05, 4.69) is 25.3 Å². The van der Waals surface area contributed by atoms with Gasteiger partial charge in [-0.3, -0.25) is 9.80 Å². The number of rotatable bonds is 5. The molecule has 0 amide bonds. The van der Waals surface area contributed by atoms with Gasteiger partial charge in [-0.1, -0.05) is 18.2 Å². The molecule has 0 bridgehead atoms. The minimum atomic E-state index is 0.446. The number of ether oxygens (including phenoxy) is 1. The van der Waals surface area contributed by atoms with E-state index < -0.39 is 0 Å². The van der Waals surface area contributed by atoms with E-state index in [4.69, 9.17) is 4.74 Å². The molecule has 1 aromatic carbocycles. The normalized spacial score (nSPS) is 22.9. The largest absolute Gasteiger partial charge is 0.377 e. The summed E-state index contributed by atoms with van der Waals surface area (Å²) < 4.78 is 7.58. The Morgan fingerprint density at radius 3 is 2.58 bits per heavy atom. The molecule has 128 valence electrons. The third kappa shape index (κ3) is 3.63. The van der Waals surface area contributed by atoms with Crippen LogP contribution in [0, 0.1) is 0 Å². The molecule has 2 fully saturated rings. The summed E-state index contributed by atoms with van der Waals surface area (Å²) in [5, 5.41) is 12.2. The maximum atomic E-state index is 5.75. The fourth-order valence-electron chi connectivity index (χ4n) is 3.48. The molecule has 0 saturated carbocycles. The van der Waals surface area contributed by atoms with Crippen LogP contribution in [-0.4, -0.2) is 75.4 Å². The van der Waals surface area contributed by atoms with Gasteiger partial charge in [0.25, 0.3) is 0 Å². The summed E-state index contributed by atoms with van der Waals surface area (Å²) in [6.07, 6.45) is 2.88. The topological polar surface area (TPSA) is 59.3 Å². The molecule has 1 atom stereocenters. The van der Waals surface area contributed by atoms with Crippen molar-refractivity contribution in [3.8, 4) is 5.69 Å². The summed E-state index contributed by atoms with van der Waals surface area (Å²) in [6.45, 7) is 7.08. The molecular formula is C17H24N6O. The predicted octanol–water partition coefficient (Wildman–Crippen LogP) is 0.959. The second-order valence-corrected chi connectivity index (χ2v) is 6.55. The molecule has 3 heterocycles. The maximum absolute atomic E-state index is 5.75. The zero-order chi connectivity index (χ0) is 16.2. The van der Waals surface area contributed by atoms with Crippen LogP contribution in [0.5, 0.6) is 0 Å². The van der Waals surface area contributed by atoms with Gasteiger partial charge in [-0.25, -0.2) is 0 Å². The van der Waals surface area contributed by atoms with Crippen molar-refractivity contribution in [1.82, 2.24) is 30.0 Å². The van der Waals surface area contributed by atoms with Gasteiger partial charge >= 0.3 is 0 Å². The fraction of sp³-hybridized carbons (Fsp3) is 0.588. The van der Waals surface area contributed by atoms with Gasteiger partial charge < -0.3 is 4.74 Å². The Balaban J connectivity index is 1.32. The van der Waals surface area contributed by atoms with Crippen molar-refractivity contribution in [2.75, 3.05) is 39.3 Å². The number of piperazine rings is 1. The molecule has 0 radical (unpaired) electrons. The van der Waals surface area contributed by atoms with E-state index in [0.29, 0.717) is 6.10 Å². The van der Waals surface area contributed by atoms with Gasteiger partial charge in [-0.15, -0.1) is 5.10 Å². The first-order chi connectivity index (χ1) is 11.9. The zero-order valence-corrected chi connectivity index (χ0v) is 13.9. The average molecular weight is 328 g/mol. The van der Waals surface area contributed by atoms with Gasteiger partial charge in [0.15, 0.2) is 5.82 Å². The van der Waals surface area contributed by atoms with E-state index >= 15 is 0 Å². The third-order valence-electron chi connectivity index (χ3n) is 4.85. The van der Waals surface area contributed by atoms with Crippen LogP contribution in [0.15, 0.2) is 30.3 Å². The highest BCUT2D eigenvalue weighted by atomic mass is 16.5. The van der Waals surface area contributed by atoms with Crippen LogP contribution < -0.4 is 0 Å². The highest BCUT2D eigenvalue weighted by molar-refractivity contribution is 5.30. The summed E-state index contributed by atoms with van der Waals surface area (Å²) in [5.74, 6) is 0.897. The summed E-state index contributed by atoms with van der Waals surface area (Å²) >= 11 is 0. The molecule has 2 aromatic rings. The van der Waals surface area contributed by atoms with Crippen molar-refractivity contribution in [1.29, 1.82) is 0 Å². The van der Waals surface area contributed by atoms with Crippen molar-refractivity contribution >= 4 is 0 Å². The van der Waals surface area contributed by atoms with Crippen LogP contribution in [0.1, 0.15) is 18.7 Å². The molecule has 4 rings (SSSR count). The van der Waals surface area contributed by atoms with Gasteiger partial charge in [-0.05, 0) is 35.4 Å². The van der Waals surface area contributed by atoms with E-state index in [0.717, 1.165) is 57.4 Å². The fourth-order valence-corrected chi connectivity index (χ4v) is 3.48. The Morgan fingerprint density at radius 2 is 1.83 bits per heavy atom. The Kier molecular flexibility index (Phi) is 4.82. The van der Waals surface area contributed by atoms with Crippen LogP contribution in [-0.2, 0) is 11.3 Å². The van der Waals surface area contributed by atoms with E-state index in [1.807, 2.05) is 35.0 Å². The molecule has 7 heteroatoms. The first-order valence-electron chi connectivity index (χ1n) is 8.77. The Morgan fingerprint density at radius 1 is 1.04 bits per heavy atom. The van der Waals surface area contributed by atoms with Gasteiger partial charge in [0.05, 0.1) is 18.3 Å². The molecule has 1 unspecified atom stereocenters. The van der Waals surface area contributed by atoms with E-state index in [9.17, 15) is 0 Å². The van der Waals surface area contributed by atoms with Crippen molar-refractivity contribution in [2.24, 2.45) is 0 Å². The second-order valence-electron chi connectivity index (χ2n) is 6.55. The van der Waals surface area contributed by atoms with Crippen LogP contribution in [0.2, 0.25) is 0 Å². The van der Waals surface area contributed by atoms with Gasteiger partial charge in [-0.2, -0.15) is 4.68 Å². The number of tetrazole rings is 1. The minimum absolute atomic E-state index is 0.446. The number of para-hydroxylation sites is 1. The first kappa shape index (κ1) is 15.7. The monoisotopic (exact) mass is 328 g/mol. The summed E-state index contributed by atoms with van der Waals surface area (Å²) in [7, 11) is 0. The summed E-state index contributed by atoms with van der Waals surface area (Å²) in [4.78, 5) is 4.95. The molecule has 24 heavy (non-hydrogen) atoms. The maximum Gasteiger partial charge on any atom is 0.170 e. The number of hydrogen-bond donors (Lipinski definition) is 0. The Labute approximate surface area is 142 Å². The van der Waals surface area contributed by atoms with Crippen molar-refractivity contribution < 1.29 is 4.74 Å². The van der Waals surface area contributed by atoms with Crippen LogP contribution in [0.4, 0.5) is 0 Å². The minimum Gasteiger partial charge on any atom is -0.377 e. The van der Waals surface area contributed by atoms with E-state index in [1.54, 1.807) is 0 Å². The highest BCUT2D eigenvalue weighted by Gasteiger charge is 2.23. The lowest BCUT2D eigenvalue weighted by atomic mass is 10.2. The molecule has 0 aliphatic carbocycles. The lowest BCUT2D eigenvalue weighted by Crippen LogP contribution is -2.48. The number of nitrogens with zero attached hydrogens (tertiary/aromatic N) is 6. The Hall–Kier alpha value is -1.83. The zero-order valence-electron chi connectivity index (χ0n) is 13.9. The quantitative estimate of drug-likeness (QED) is 0.815. The molecule has 2 aliphatic rings. The molecular weight excluding hydrogens is 304 g/mol. The van der Waals surface area contributed by atoms with E-state index in [1.165, 1.54) is 12.8 Å². The molecule has 0 N–H and O–H groups in total. The van der Waals surface area contributed by atoms with Crippen molar-refractivity contribution in [3.05, 3.63) is 36.2 Å². The summed E-state index contributed by atoms with van der Waals surface area (Å²) in [6, 6.07) is 10.1. The predicted molar refractivity (Wildman–Crippen MR) is 89.8 cm³/mol. The van der Waals surface area contributed by atoms with Gasteiger partial charge in [0.2, 0.25) is 0 Å². The van der Waals surface area contributed by atoms with Crippen LogP contribution in [0.3, 0.4) is 0 Å². The standard InChI is InChI=1S/C17H24N6O/c1-2-5-15(6-3-1)23-17(18-19-20-23)14-22-10-8-21(9-11-22)13-16-7-4-12-24-16/h1-3,5-6,16H,4,7-14H2. The summed E-state index contributed by atoms with van der Waals surface area (Å²) in [5.41, 5.74) is 1.01. The van der Waals surface area contributed by atoms with Crippen molar-refractivity contribution in [3.63, 3.8) is 0 Å². The van der Waals surface area contributed by atoms with Crippen LogP contribution in [0.25, 0.3) is 5.69 Å². The van der Waals surface area contributed by atoms with Crippen LogP contribution >= 0.6 is 0 Å². The Bertz CT molecular complexity index is 632. The van der Waals surface area contributed by atoms with Gasteiger partial charge in [0.1, 0.15) is 0 Å². The number of benzene rings is 1. The second kappa shape index (κ2) is 7.38. The smallest absolute Gasteiger partial charge is 0.170 e. The van der Waals surface area contributed by atoms with E-state index in [-0.39, 0.29) is 0 Å². The first-order valence-corrected chi connectivity index (χ1v) is 8.77. The third-order valence-corrected chi connectivity index (χ3v) is 4.85. The number of aromatic nitrogens is 4. The van der Waals surface area contributed by atoms with Gasteiger partial charge in [0, 0.05) is 39.3 Å². The molecule has 2 aliphatic heterocycles. The lowest BCUT2D eigenvalue weighted by Gasteiger charge is -2.35. The molecule has 7 nitrogen and oxygen atoms in total. The van der Waals surface area contributed by atoms with Crippen molar-refractivity contribution in [2.45, 2.75) is 25.5 Å². The lowest BCUT2D eigenvalue weighted by molar-refractivity contribution is 0.0483. The highest BCUT2D eigenvalue weighted by Crippen LogP contribution is 2.15.